The van der Waals surface area contributed by atoms with Gasteiger partial charge in [-0.2, -0.15) is 5.10 Å². The smallest absolute Gasteiger partial charge is 0.292 e. The van der Waals surface area contributed by atoms with Crippen molar-refractivity contribution in [3.63, 3.8) is 0 Å². The van der Waals surface area contributed by atoms with Crippen molar-refractivity contribution < 1.29 is 4.92 Å². The number of aryl methyl sites for hydroxylation is 1. The van der Waals surface area contributed by atoms with E-state index in [1.54, 1.807) is 6.07 Å². The fourth-order valence-electron chi connectivity index (χ4n) is 1.69. The van der Waals surface area contributed by atoms with E-state index in [4.69, 9.17) is 0 Å². The van der Waals surface area contributed by atoms with E-state index in [1.807, 2.05) is 13.0 Å². The van der Waals surface area contributed by atoms with E-state index in [1.165, 1.54) is 12.4 Å². The van der Waals surface area contributed by atoms with E-state index in [0.29, 0.717) is 18.7 Å². The quantitative estimate of drug-likeness (QED) is 0.618. The van der Waals surface area contributed by atoms with E-state index in [9.17, 15) is 10.1 Å². The van der Waals surface area contributed by atoms with Crippen LogP contribution in [0.25, 0.3) is 0 Å². The second kappa shape index (κ2) is 5.26. The number of benzene rings is 1. The van der Waals surface area contributed by atoms with Crippen LogP contribution >= 0.6 is 0 Å². The molecule has 1 heterocycles. The second-order valence-corrected chi connectivity index (χ2v) is 3.84. The first-order valence-corrected chi connectivity index (χ1v) is 5.50. The van der Waals surface area contributed by atoms with Gasteiger partial charge in [0, 0.05) is 19.0 Å². The highest BCUT2D eigenvalue weighted by Crippen LogP contribution is 2.27. The molecule has 0 saturated heterocycles. The highest BCUT2D eigenvalue weighted by atomic mass is 16.6. The van der Waals surface area contributed by atoms with E-state index >= 15 is 0 Å². The van der Waals surface area contributed by atoms with Crippen LogP contribution in [0.3, 0.4) is 0 Å². The van der Waals surface area contributed by atoms with E-state index < -0.39 is 0 Å². The third-order valence-corrected chi connectivity index (χ3v) is 2.58. The summed E-state index contributed by atoms with van der Waals surface area (Å²) in [5.74, 6) is 0.749. The predicted octanol–water partition coefficient (Wildman–Crippen LogP) is 1.68. The molecule has 2 N–H and O–H groups in total. The molecule has 0 amide bonds. The number of nitrogens with one attached hydrogen (secondary N) is 2. The molecule has 0 unspecified atom stereocenters. The van der Waals surface area contributed by atoms with Gasteiger partial charge in [0.15, 0.2) is 0 Å². The van der Waals surface area contributed by atoms with Crippen LogP contribution in [0, 0.1) is 17.0 Å². The molecular formula is C11H13N5O2. The van der Waals surface area contributed by atoms with Gasteiger partial charge in [-0.15, -0.1) is 0 Å². The van der Waals surface area contributed by atoms with Crippen molar-refractivity contribution in [1.82, 2.24) is 15.2 Å². The molecule has 1 aromatic carbocycles. The van der Waals surface area contributed by atoms with Gasteiger partial charge in [-0.05, 0) is 12.5 Å². The van der Waals surface area contributed by atoms with Crippen molar-refractivity contribution in [1.29, 1.82) is 0 Å². The first-order valence-electron chi connectivity index (χ1n) is 5.50. The van der Waals surface area contributed by atoms with Crippen molar-refractivity contribution >= 4 is 11.4 Å². The topological polar surface area (TPSA) is 96.7 Å². The number of hydrogen-bond donors (Lipinski definition) is 2. The van der Waals surface area contributed by atoms with E-state index in [-0.39, 0.29) is 10.6 Å². The molecule has 0 aliphatic heterocycles. The summed E-state index contributed by atoms with van der Waals surface area (Å²) in [5, 5.41) is 20.5. The van der Waals surface area contributed by atoms with Crippen LogP contribution in [-0.2, 0) is 6.42 Å². The summed E-state index contributed by atoms with van der Waals surface area (Å²) in [6.45, 7) is 2.39. The number of nitrogens with zero attached hydrogens (tertiary/aromatic N) is 3. The molecule has 1 aromatic heterocycles. The zero-order valence-electron chi connectivity index (χ0n) is 9.88. The molecule has 94 valence electrons. The maximum Gasteiger partial charge on any atom is 0.292 e. The molecule has 0 atom stereocenters. The SMILES string of the molecule is Cc1cccc([N+](=O)[O-])c1NCCc1ncn[nH]1. The van der Waals surface area contributed by atoms with Crippen molar-refractivity contribution in [2.24, 2.45) is 0 Å². The minimum absolute atomic E-state index is 0.0903. The summed E-state index contributed by atoms with van der Waals surface area (Å²) in [6.07, 6.45) is 2.07. The van der Waals surface area contributed by atoms with Crippen molar-refractivity contribution in [3.05, 3.63) is 46.0 Å². The van der Waals surface area contributed by atoms with Gasteiger partial charge in [-0.25, -0.2) is 4.98 Å². The lowest BCUT2D eigenvalue weighted by Crippen LogP contribution is -2.09. The number of nitro benzene ring substituents is 1. The third kappa shape index (κ3) is 2.62. The first-order chi connectivity index (χ1) is 8.68. The fraction of sp³-hybridized carbons (Fsp3) is 0.273. The van der Waals surface area contributed by atoms with Crippen LogP contribution in [0.4, 0.5) is 11.4 Å². The highest BCUT2D eigenvalue weighted by molar-refractivity contribution is 5.65. The molecule has 7 nitrogen and oxygen atoms in total. The third-order valence-electron chi connectivity index (χ3n) is 2.58. The monoisotopic (exact) mass is 247 g/mol. The van der Waals surface area contributed by atoms with Gasteiger partial charge >= 0.3 is 0 Å². The number of rotatable bonds is 5. The Bertz CT molecular complexity index is 538. The number of aromatic nitrogens is 3. The summed E-state index contributed by atoms with van der Waals surface area (Å²) < 4.78 is 0. The molecule has 0 bridgehead atoms. The van der Waals surface area contributed by atoms with Gasteiger partial charge in [-0.3, -0.25) is 15.2 Å². The Labute approximate surface area is 103 Å². The standard InChI is InChI=1S/C11H13N5O2/c1-8-3-2-4-9(16(17)18)11(8)12-6-5-10-13-7-14-15-10/h2-4,7,12H,5-6H2,1H3,(H,13,14,15). The second-order valence-electron chi connectivity index (χ2n) is 3.84. The number of nitro groups is 1. The van der Waals surface area contributed by atoms with Gasteiger partial charge < -0.3 is 5.32 Å². The van der Waals surface area contributed by atoms with Crippen LogP contribution < -0.4 is 5.32 Å². The average Bonchev–Trinajstić information content (AvgIpc) is 2.84. The molecule has 0 radical (unpaired) electrons. The summed E-state index contributed by atoms with van der Waals surface area (Å²) in [5.41, 5.74) is 1.50. The molecule has 0 spiro atoms. The Morgan fingerprint density at radius 3 is 3.00 bits per heavy atom. The van der Waals surface area contributed by atoms with Crippen LogP contribution in [-0.4, -0.2) is 26.6 Å². The van der Waals surface area contributed by atoms with Crippen molar-refractivity contribution in [2.75, 3.05) is 11.9 Å². The maximum atomic E-state index is 10.9. The molecular weight excluding hydrogens is 234 g/mol. The largest absolute Gasteiger partial charge is 0.379 e. The lowest BCUT2D eigenvalue weighted by atomic mass is 10.1. The number of aromatic amines is 1. The van der Waals surface area contributed by atoms with Gasteiger partial charge in [0.1, 0.15) is 17.8 Å². The minimum Gasteiger partial charge on any atom is -0.379 e. The molecule has 0 aliphatic rings. The fourth-order valence-corrected chi connectivity index (χ4v) is 1.69. The molecule has 2 rings (SSSR count). The average molecular weight is 247 g/mol. The molecule has 7 heteroatoms. The van der Waals surface area contributed by atoms with Crippen LogP contribution in [0.1, 0.15) is 11.4 Å². The Morgan fingerprint density at radius 1 is 1.50 bits per heavy atom. The zero-order chi connectivity index (χ0) is 13.0. The summed E-state index contributed by atoms with van der Waals surface area (Å²) in [4.78, 5) is 14.5. The number of para-hydroxylation sites is 1. The number of H-pyrrole nitrogens is 1. The number of hydrogen-bond acceptors (Lipinski definition) is 5. The van der Waals surface area contributed by atoms with Crippen molar-refractivity contribution in [2.45, 2.75) is 13.3 Å². The van der Waals surface area contributed by atoms with Crippen molar-refractivity contribution in [3.8, 4) is 0 Å². The zero-order valence-corrected chi connectivity index (χ0v) is 9.88. The van der Waals surface area contributed by atoms with Gasteiger partial charge in [0.2, 0.25) is 0 Å². The maximum absolute atomic E-state index is 10.9. The molecule has 0 fully saturated rings. The minimum atomic E-state index is -0.385. The van der Waals surface area contributed by atoms with E-state index in [2.05, 4.69) is 20.5 Å². The normalized spacial score (nSPS) is 10.3. The van der Waals surface area contributed by atoms with Crippen LogP contribution in [0.5, 0.6) is 0 Å². The Kier molecular flexibility index (Phi) is 3.52. The first kappa shape index (κ1) is 12.0. The lowest BCUT2D eigenvalue weighted by molar-refractivity contribution is -0.384. The summed E-state index contributed by atoms with van der Waals surface area (Å²) in [6, 6.07) is 5.00. The summed E-state index contributed by atoms with van der Waals surface area (Å²) >= 11 is 0. The van der Waals surface area contributed by atoms with Crippen LogP contribution in [0.2, 0.25) is 0 Å². The van der Waals surface area contributed by atoms with Crippen LogP contribution in [0.15, 0.2) is 24.5 Å². The van der Waals surface area contributed by atoms with Gasteiger partial charge in [0.25, 0.3) is 5.69 Å². The summed E-state index contributed by atoms with van der Waals surface area (Å²) in [7, 11) is 0. The van der Waals surface area contributed by atoms with Gasteiger partial charge in [-0.1, -0.05) is 12.1 Å². The van der Waals surface area contributed by atoms with Gasteiger partial charge in [0.05, 0.1) is 4.92 Å². The molecule has 2 aromatic rings. The molecule has 0 aliphatic carbocycles. The lowest BCUT2D eigenvalue weighted by Gasteiger charge is -2.08. The van der Waals surface area contributed by atoms with E-state index in [0.717, 1.165) is 11.4 Å². The molecule has 0 saturated carbocycles. The Morgan fingerprint density at radius 2 is 2.33 bits per heavy atom. The molecule has 18 heavy (non-hydrogen) atoms. The Balaban J connectivity index is 2.06. The highest BCUT2D eigenvalue weighted by Gasteiger charge is 2.14. The predicted molar refractivity (Wildman–Crippen MR) is 66.4 cm³/mol. The number of anilines is 1. The Hall–Kier alpha value is -2.44.